The molecule has 1 aliphatic carbocycles. The van der Waals surface area contributed by atoms with Crippen molar-refractivity contribution < 1.29 is 4.79 Å². The van der Waals surface area contributed by atoms with Gasteiger partial charge >= 0.3 is 0 Å². The number of carbonyl (C=O) groups excluding carboxylic acids is 1. The predicted molar refractivity (Wildman–Crippen MR) is 62.4 cm³/mol. The second kappa shape index (κ2) is 5.91. The Balaban J connectivity index is 2.53. The fourth-order valence-electron chi connectivity index (χ4n) is 2.24. The molecule has 15 heavy (non-hydrogen) atoms. The van der Waals surface area contributed by atoms with Gasteiger partial charge in [0, 0.05) is 25.0 Å². The van der Waals surface area contributed by atoms with Crippen LogP contribution in [0.3, 0.4) is 0 Å². The molecule has 1 amide bonds. The molecule has 1 aliphatic rings. The van der Waals surface area contributed by atoms with Crippen molar-refractivity contribution in [2.45, 2.75) is 38.6 Å². The normalized spacial score (nSPS) is 26.0. The van der Waals surface area contributed by atoms with Crippen molar-refractivity contribution >= 4 is 5.91 Å². The topological polar surface area (TPSA) is 46.3 Å². The van der Waals surface area contributed by atoms with Crippen LogP contribution in [0.4, 0.5) is 0 Å². The summed E-state index contributed by atoms with van der Waals surface area (Å²) in [4.78, 5) is 13.9. The summed E-state index contributed by atoms with van der Waals surface area (Å²) in [6, 6.07) is 0.218. The SMILES string of the molecule is C=CCN(CC)C(=O)C1CCCC(N)C1. The van der Waals surface area contributed by atoms with Gasteiger partial charge in [-0.1, -0.05) is 12.5 Å². The van der Waals surface area contributed by atoms with Crippen LogP contribution in [0.1, 0.15) is 32.6 Å². The van der Waals surface area contributed by atoms with Crippen LogP contribution in [0, 0.1) is 5.92 Å². The van der Waals surface area contributed by atoms with E-state index in [2.05, 4.69) is 6.58 Å². The Hall–Kier alpha value is -0.830. The number of carbonyl (C=O) groups is 1. The van der Waals surface area contributed by atoms with Crippen molar-refractivity contribution in [3.05, 3.63) is 12.7 Å². The third-order valence-corrected chi connectivity index (χ3v) is 3.11. The molecule has 1 fully saturated rings. The van der Waals surface area contributed by atoms with E-state index >= 15 is 0 Å². The minimum Gasteiger partial charge on any atom is -0.339 e. The van der Waals surface area contributed by atoms with E-state index in [9.17, 15) is 4.79 Å². The summed E-state index contributed by atoms with van der Waals surface area (Å²) in [5, 5.41) is 0. The monoisotopic (exact) mass is 210 g/mol. The zero-order chi connectivity index (χ0) is 11.3. The first-order valence-corrected chi connectivity index (χ1v) is 5.84. The van der Waals surface area contributed by atoms with E-state index in [1.807, 2.05) is 11.8 Å². The Kier molecular flexibility index (Phi) is 4.82. The third-order valence-electron chi connectivity index (χ3n) is 3.11. The summed E-state index contributed by atoms with van der Waals surface area (Å²) in [5.74, 6) is 0.404. The van der Waals surface area contributed by atoms with E-state index in [0.29, 0.717) is 6.54 Å². The average Bonchev–Trinajstić information content (AvgIpc) is 2.25. The van der Waals surface area contributed by atoms with Gasteiger partial charge < -0.3 is 10.6 Å². The Morgan fingerprint density at radius 2 is 2.33 bits per heavy atom. The summed E-state index contributed by atoms with van der Waals surface area (Å²) < 4.78 is 0. The van der Waals surface area contributed by atoms with E-state index in [4.69, 9.17) is 5.73 Å². The fourth-order valence-corrected chi connectivity index (χ4v) is 2.24. The molecule has 0 aromatic carbocycles. The molecule has 86 valence electrons. The first kappa shape index (κ1) is 12.2. The summed E-state index contributed by atoms with van der Waals surface area (Å²) in [6.45, 7) is 7.09. The lowest BCUT2D eigenvalue weighted by atomic mass is 9.85. The summed E-state index contributed by atoms with van der Waals surface area (Å²) in [5.41, 5.74) is 5.89. The molecule has 0 aliphatic heterocycles. The molecule has 0 radical (unpaired) electrons. The van der Waals surface area contributed by atoms with Gasteiger partial charge in [0.25, 0.3) is 0 Å². The lowest BCUT2D eigenvalue weighted by Crippen LogP contribution is -2.40. The van der Waals surface area contributed by atoms with E-state index in [1.165, 1.54) is 0 Å². The highest BCUT2D eigenvalue weighted by Gasteiger charge is 2.27. The first-order valence-electron chi connectivity index (χ1n) is 5.84. The predicted octanol–water partition coefficient (Wildman–Crippen LogP) is 1.54. The number of nitrogens with zero attached hydrogens (tertiary/aromatic N) is 1. The van der Waals surface area contributed by atoms with Crippen LogP contribution in [-0.2, 0) is 4.79 Å². The van der Waals surface area contributed by atoms with Gasteiger partial charge in [-0.05, 0) is 26.2 Å². The van der Waals surface area contributed by atoms with E-state index < -0.39 is 0 Å². The number of amides is 1. The molecule has 0 bridgehead atoms. The van der Waals surface area contributed by atoms with Crippen LogP contribution in [-0.4, -0.2) is 29.9 Å². The van der Waals surface area contributed by atoms with Gasteiger partial charge in [-0.25, -0.2) is 0 Å². The van der Waals surface area contributed by atoms with Gasteiger partial charge in [-0.3, -0.25) is 4.79 Å². The maximum Gasteiger partial charge on any atom is 0.226 e. The van der Waals surface area contributed by atoms with Crippen LogP contribution in [0.5, 0.6) is 0 Å². The Morgan fingerprint density at radius 3 is 2.87 bits per heavy atom. The maximum absolute atomic E-state index is 12.1. The molecular weight excluding hydrogens is 188 g/mol. The standard InChI is InChI=1S/C12H22N2O/c1-3-8-14(4-2)12(15)10-6-5-7-11(13)9-10/h3,10-11H,1,4-9,13H2,2H3. The van der Waals surface area contributed by atoms with Crippen molar-refractivity contribution in [3.8, 4) is 0 Å². The maximum atomic E-state index is 12.1. The molecule has 0 aromatic rings. The van der Waals surface area contributed by atoms with Crippen molar-refractivity contribution in [2.24, 2.45) is 11.7 Å². The van der Waals surface area contributed by atoms with Crippen LogP contribution in [0.2, 0.25) is 0 Å². The van der Waals surface area contributed by atoms with E-state index in [0.717, 1.165) is 32.2 Å². The summed E-state index contributed by atoms with van der Waals surface area (Å²) >= 11 is 0. The Bertz CT molecular complexity index is 228. The Morgan fingerprint density at radius 1 is 1.60 bits per heavy atom. The van der Waals surface area contributed by atoms with Gasteiger partial charge in [0.2, 0.25) is 5.91 Å². The smallest absolute Gasteiger partial charge is 0.226 e. The summed E-state index contributed by atoms with van der Waals surface area (Å²) in [6.07, 6.45) is 5.79. The molecule has 3 nitrogen and oxygen atoms in total. The highest BCUT2D eigenvalue weighted by atomic mass is 16.2. The van der Waals surface area contributed by atoms with Gasteiger partial charge in [0.05, 0.1) is 0 Å². The molecule has 2 unspecified atom stereocenters. The molecule has 2 N–H and O–H groups in total. The summed E-state index contributed by atoms with van der Waals surface area (Å²) in [7, 11) is 0. The minimum atomic E-state index is 0.147. The highest BCUT2D eigenvalue weighted by Crippen LogP contribution is 2.24. The third kappa shape index (κ3) is 3.34. The second-order valence-corrected chi connectivity index (χ2v) is 4.29. The Labute approximate surface area is 92.3 Å². The molecular formula is C12H22N2O. The minimum absolute atomic E-state index is 0.147. The lowest BCUT2D eigenvalue weighted by Gasteiger charge is -2.30. The van der Waals surface area contributed by atoms with Crippen molar-refractivity contribution in [1.82, 2.24) is 4.90 Å². The van der Waals surface area contributed by atoms with Gasteiger partial charge in [-0.2, -0.15) is 0 Å². The van der Waals surface area contributed by atoms with Crippen LogP contribution in [0.25, 0.3) is 0 Å². The molecule has 1 rings (SSSR count). The molecule has 0 heterocycles. The van der Waals surface area contributed by atoms with E-state index in [1.54, 1.807) is 6.08 Å². The lowest BCUT2D eigenvalue weighted by molar-refractivity contribution is -0.136. The number of hydrogen-bond donors (Lipinski definition) is 1. The second-order valence-electron chi connectivity index (χ2n) is 4.29. The zero-order valence-electron chi connectivity index (χ0n) is 9.61. The zero-order valence-corrected chi connectivity index (χ0v) is 9.61. The van der Waals surface area contributed by atoms with Gasteiger partial charge in [-0.15, -0.1) is 6.58 Å². The molecule has 1 saturated carbocycles. The number of rotatable bonds is 4. The molecule has 0 spiro atoms. The quantitative estimate of drug-likeness (QED) is 0.715. The van der Waals surface area contributed by atoms with Gasteiger partial charge in [0.1, 0.15) is 0 Å². The van der Waals surface area contributed by atoms with Gasteiger partial charge in [0.15, 0.2) is 0 Å². The van der Waals surface area contributed by atoms with Crippen LogP contribution in [0.15, 0.2) is 12.7 Å². The largest absolute Gasteiger partial charge is 0.339 e. The highest BCUT2D eigenvalue weighted by molar-refractivity contribution is 5.79. The van der Waals surface area contributed by atoms with Crippen molar-refractivity contribution in [2.75, 3.05) is 13.1 Å². The molecule has 0 aromatic heterocycles. The molecule has 3 heteroatoms. The van der Waals surface area contributed by atoms with E-state index in [-0.39, 0.29) is 17.9 Å². The van der Waals surface area contributed by atoms with Crippen LogP contribution < -0.4 is 5.73 Å². The number of likely N-dealkylation sites (N-methyl/N-ethyl adjacent to an activating group) is 1. The van der Waals surface area contributed by atoms with Crippen molar-refractivity contribution in [3.63, 3.8) is 0 Å². The molecule has 0 saturated heterocycles. The molecule has 2 atom stereocenters. The van der Waals surface area contributed by atoms with Crippen molar-refractivity contribution in [1.29, 1.82) is 0 Å². The number of nitrogens with two attached hydrogens (primary N) is 1. The fraction of sp³-hybridized carbons (Fsp3) is 0.750. The number of hydrogen-bond acceptors (Lipinski definition) is 2. The first-order chi connectivity index (χ1) is 7.19. The average molecular weight is 210 g/mol. The van der Waals surface area contributed by atoms with Crippen LogP contribution >= 0.6 is 0 Å².